The average molecular weight is 1200 g/mol. The predicted molar refractivity (Wildman–Crippen MR) is 168 cm³/mol. The Morgan fingerprint density at radius 3 is 1.54 bits per heavy atom. The second-order valence-electron chi connectivity index (χ2n) is 5.21. The van der Waals surface area contributed by atoms with Gasteiger partial charge in [-0.2, -0.15) is 0 Å². The number of carbonyl (C=O) groups excluding carboxylic acids is 1. The van der Waals surface area contributed by atoms with E-state index < -0.39 is 17.2 Å². The molecule has 0 aliphatic rings. The van der Waals surface area contributed by atoms with E-state index in [1.807, 2.05) is 45.2 Å². The second kappa shape index (κ2) is 30.1. The van der Waals surface area contributed by atoms with E-state index in [-0.39, 0.29) is 49.8 Å². The van der Waals surface area contributed by atoms with Gasteiger partial charge in [-0.05, 0) is 48.4 Å². The van der Waals surface area contributed by atoms with E-state index in [2.05, 4.69) is 74.5 Å². The first kappa shape index (κ1) is 46.4. The molecule has 0 aliphatic heterocycles. The minimum absolute atomic E-state index is 0. The molecule has 0 aromatic carbocycles. The van der Waals surface area contributed by atoms with Gasteiger partial charge in [-0.25, -0.2) is 4.79 Å². The molecular formula is C14H28AlI7LiO5-. The van der Waals surface area contributed by atoms with Crippen molar-refractivity contribution in [2.75, 3.05) is 13.2 Å². The first-order valence-corrected chi connectivity index (χ1v) is 28.1. The van der Waals surface area contributed by atoms with Gasteiger partial charge in [0, 0.05) is 37.2 Å². The van der Waals surface area contributed by atoms with Crippen LogP contribution in [-0.4, -0.2) is 63.1 Å². The van der Waals surface area contributed by atoms with Crippen LogP contribution in [0.5, 0.6) is 0 Å². The molecule has 0 heterocycles. The minimum atomic E-state index is -1.13. The minimum Gasteiger partial charge on any atom is -1.00 e. The van der Waals surface area contributed by atoms with Gasteiger partial charge < -0.3 is 21.5 Å². The van der Waals surface area contributed by atoms with Crippen molar-refractivity contribution < 1.29 is 58.4 Å². The molecule has 5 nitrogen and oxygen atoms in total. The number of carbonyl (C=O) groups is 1. The third-order valence-corrected chi connectivity index (χ3v) is 3.73. The van der Waals surface area contributed by atoms with E-state index in [1.54, 1.807) is 38.7 Å². The number of halogens is 7. The first-order chi connectivity index (χ1) is 11.9. The SMILES string of the molecule is CC(C)(O)/C(=C/I)CO.CCOC(=O)/C(=C\I)C(C)(C)O.II.I[I-]I.[AlH3].[H-].[Li+]. The molecule has 0 aromatic heterocycles. The standard InChI is InChI=1S/C8H13IO3.C6H11IO2.Al.I3.I2.Li.4H/c1-4-12-7(10)6(5-9)8(2,3)11;1-6(2,9)5(3-7)4-8;;1-3-2;1-2;;;;;/h5,11H,4H2,1-3H3;3,8-9H,4H2,1-2H3;;;;;;;;/q;;;-1;;+1;;;;-1/b6-5+;5-3+;;;;;;;;. The molecule has 28 heavy (non-hydrogen) atoms. The molecule has 0 saturated heterocycles. The summed E-state index contributed by atoms with van der Waals surface area (Å²) in [4.78, 5) is 11.2. The molecule has 0 unspecified atom stereocenters. The molecule has 0 atom stereocenters. The molecule has 0 saturated carbocycles. The average Bonchev–Trinajstić information content (AvgIpc) is 2.50. The Bertz CT molecular complexity index is 420. The molecular weight excluding hydrogens is 1170 g/mol. The molecule has 0 fully saturated rings. The monoisotopic (exact) mass is 1200 g/mol. The zero-order valence-electron chi connectivity index (χ0n) is 16.9. The number of rotatable bonds is 5. The van der Waals surface area contributed by atoms with E-state index in [0.29, 0.717) is 25.4 Å². The molecule has 3 N–H and O–H groups in total. The van der Waals surface area contributed by atoms with Gasteiger partial charge in [0.1, 0.15) is 0 Å². The van der Waals surface area contributed by atoms with Crippen molar-refractivity contribution in [2.24, 2.45) is 0 Å². The molecule has 0 bridgehead atoms. The van der Waals surface area contributed by atoms with Crippen LogP contribution >= 0.6 is 120 Å². The maximum atomic E-state index is 11.2. The van der Waals surface area contributed by atoms with E-state index in [1.165, 1.54) is 4.08 Å². The summed E-state index contributed by atoms with van der Waals surface area (Å²) in [7, 11) is 0. The van der Waals surface area contributed by atoms with Gasteiger partial charge in [0.15, 0.2) is 17.4 Å². The van der Waals surface area contributed by atoms with Gasteiger partial charge in [-0.3, -0.25) is 0 Å². The Morgan fingerprint density at radius 1 is 1.07 bits per heavy atom. The molecule has 0 aliphatic carbocycles. The number of ether oxygens (including phenoxy) is 1. The van der Waals surface area contributed by atoms with Crippen LogP contribution in [-0.2, 0) is 9.53 Å². The van der Waals surface area contributed by atoms with Crippen LogP contribution in [0.15, 0.2) is 19.3 Å². The molecule has 14 heteroatoms. The van der Waals surface area contributed by atoms with Gasteiger partial charge >= 0.3 is 75.3 Å². The fourth-order valence-corrected chi connectivity index (χ4v) is 2.97. The van der Waals surface area contributed by atoms with Gasteiger partial charge in [-0.1, -0.05) is 45.2 Å². The summed E-state index contributed by atoms with van der Waals surface area (Å²) < 4.78 is 7.98. The Kier molecular flexibility index (Phi) is 49.9. The van der Waals surface area contributed by atoms with E-state index in [0.717, 1.165) is 0 Å². The number of aliphatic hydroxyl groups excluding tert-OH is 1. The number of esters is 1. The summed E-state index contributed by atoms with van der Waals surface area (Å²) in [5.41, 5.74) is -1.09. The predicted octanol–water partition coefficient (Wildman–Crippen LogP) is -0.813. The Balaban J connectivity index is -0.0000000511. The largest absolute Gasteiger partial charge is 1.00 e. The summed E-state index contributed by atoms with van der Waals surface area (Å²) in [6.45, 7) is 8.37. The second-order valence-corrected chi connectivity index (χ2v) is 22.7. The normalized spacial score (nSPS) is 11.1. The molecule has 0 rings (SSSR count). The molecule has 168 valence electrons. The van der Waals surface area contributed by atoms with Crippen molar-refractivity contribution in [2.45, 2.75) is 45.8 Å². The van der Waals surface area contributed by atoms with Crippen molar-refractivity contribution >= 4 is 143 Å². The molecule has 0 aromatic rings. The smallest absolute Gasteiger partial charge is 1.00 e. The van der Waals surface area contributed by atoms with E-state index in [4.69, 9.17) is 9.84 Å². The third-order valence-electron chi connectivity index (χ3n) is 2.35. The zero-order chi connectivity index (χ0) is 22.0. The Hall–Kier alpha value is 5.07. The Morgan fingerprint density at radius 2 is 1.43 bits per heavy atom. The fourth-order valence-electron chi connectivity index (χ4n) is 0.998. The fraction of sp³-hybridized carbons (Fsp3) is 0.643. The first-order valence-electron chi connectivity index (χ1n) is 6.71. The maximum Gasteiger partial charge on any atom is 1.00 e. The van der Waals surface area contributed by atoms with Crippen LogP contribution in [0.1, 0.15) is 36.0 Å². The van der Waals surface area contributed by atoms with Crippen molar-refractivity contribution in [3.8, 4) is 0 Å². The van der Waals surface area contributed by atoms with Crippen LogP contribution in [0.2, 0.25) is 0 Å². The summed E-state index contributed by atoms with van der Waals surface area (Å²) in [5, 5.41) is 27.4. The van der Waals surface area contributed by atoms with Crippen LogP contribution in [0.25, 0.3) is 0 Å². The molecule has 0 amide bonds. The van der Waals surface area contributed by atoms with Crippen LogP contribution in [0, 0.1) is 0 Å². The summed E-state index contributed by atoms with van der Waals surface area (Å²) in [6, 6.07) is 0. The number of hydrogen-bond donors (Lipinski definition) is 3. The summed E-state index contributed by atoms with van der Waals surface area (Å²) >= 11 is 13.4. The molecule has 0 spiro atoms. The Labute approximate surface area is 274 Å². The zero-order valence-corrected chi connectivity index (χ0v) is 31.0. The van der Waals surface area contributed by atoms with Gasteiger partial charge in [0.25, 0.3) is 0 Å². The van der Waals surface area contributed by atoms with Crippen molar-refractivity contribution in [3.63, 3.8) is 0 Å². The van der Waals surface area contributed by atoms with Crippen LogP contribution in [0.3, 0.4) is 0 Å². The van der Waals surface area contributed by atoms with Crippen molar-refractivity contribution in [1.29, 1.82) is 0 Å². The number of aliphatic hydroxyl groups is 3. The van der Waals surface area contributed by atoms with Crippen molar-refractivity contribution in [1.82, 2.24) is 0 Å². The van der Waals surface area contributed by atoms with Crippen LogP contribution in [0.4, 0.5) is 0 Å². The molecule has 0 radical (unpaired) electrons. The summed E-state index contributed by atoms with van der Waals surface area (Å²) in [6.07, 6.45) is 0. The quantitative estimate of drug-likeness (QED) is 0.145. The van der Waals surface area contributed by atoms with Gasteiger partial charge in [0.05, 0.1) is 30.0 Å². The third kappa shape index (κ3) is 31.1. The van der Waals surface area contributed by atoms with Crippen molar-refractivity contribution in [3.05, 3.63) is 19.3 Å². The van der Waals surface area contributed by atoms with E-state index >= 15 is 0 Å². The topological polar surface area (TPSA) is 87.0 Å². The number of hydrogen-bond acceptors (Lipinski definition) is 5. The van der Waals surface area contributed by atoms with Crippen LogP contribution < -0.4 is 32.1 Å². The van der Waals surface area contributed by atoms with Gasteiger partial charge in [0.2, 0.25) is 0 Å². The van der Waals surface area contributed by atoms with E-state index in [9.17, 15) is 15.0 Å². The van der Waals surface area contributed by atoms with Gasteiger partial charge in [-0.15, -0.1) is 0 Å². The maximum absolute atomic E-state index is 11.2. The summed E-state index contributed by atoms with van der Waals surface area (Å²) in [5.74, 6) is -0.459.